The third kappa shape index (κ3) is 3.85. The molecule has 1 atom stereocenters. The van der Waals surface area contributed by atoms with Crippen LogP contribution in [-0.2, 0) is 34.7 Å². The van der Waals surface area contributed by atoms with Gasteiger partial charge < -0.3 is 23.9 Å². The quantitative estimate of drug-likeness (QED) is 0.386. The van der Waals surface area contributed by atoms with Crippen LogP contribution in [0.5, 0.6) is 11.5 Å². The standard InChI is InChI=1S/C30H35N3O6/c1-7-30(36)21-11-23-26-19(13-32(23)27(34)20(21)14-37-28(30)35)17(8-9-33(16(2)3)29(4,5)6)18-10-24-25(39-15-38-24)12-22(18)31-26/h10-12,16,36H,7-9,13-15H2,1-6H3/t30-/m0/s1. The van der Waals surface area contributed by atoms with Crippen molar-refractivity contribution in [2.24, 2.45) is 0 Å². The number of pyridine rings is 2. The Hall–Kier alpha value is -3.43. The summed E-state index contributed by atoms with van der Waals surface area (Å²) in [7, 11) is 0. The maximum Gasteiger partial charge on any atom is 0.343 e. The van der Waals surface area contributed by atoms with Crippen molar-refractivity contribution in [1.82, 2.24) is 14.5 Å². The van der Waals surface area contributed by atoms with E-state index in [-0.39, 0.29) is 30.9 Å². The SMILES string of the molecule is CC[C@@]1(O)C(=O)OCc2c1cc1n(c2=O)Cc2c-1nc1cc3c(cc1c2CCN(C(C)C)C(C)(C)C)OCO3. The molecule has 5 heterocycles. The molecule has 0 saturated heterocycles. The molecule has 1 N–H and O–H groups in total. The molecule has 0 amide bonds. The highest BCUT2D eigenvalue weighted by Crippen LogP contribution is 2.43. The monoisotopic (exact) mass is 533 g/mol. The van der Waals surface area contributed by atoms with Crippen LogP contribution in [0.4, 0.5) is 0 Å². The molecule has 206 valence electrons. The zero-order chi connectivity index (χ0) is 27.9. The summed E-state index contributed by atoms with van der Waals surface area (Å²) in [6, 6.07) is 6.00. The molecule has 0 fully saturated rings. The van der Waals surface area contributed by atoms with Crippen LogP contribution in [-0.4, -0.2) is 50.4 Å². The molecule has 0 saturated carbocycles. The number of fused-ring (bicyclic) bond motifs is 6. The summed E-state index contributed by atoms with van der Waals surface area (Å²) in [4.78, 5) is 33.8. The number of esters is 1. The Balaban J connectivity index is 1.56. The zero-order valence-electron chi connectivity index (χ0n) is 23.4. The van der Waals surface area contributed by atoms with Crippen LogP contribution >= 0.6 is 0 Å². The average Bonchev–Trinajstić information content (AvgIpc) is 3.48. The Morgan fingerprint density at radius 3 is 2.49 bits per heavy atom. The van der Waals surface area contributed by atoms with Gasteiger partial charge in [-0.25, -0.2) is 9.78 Å². The fraction of sp³-hybridized carbons (Fsp3) is 0.500. The van der Waals surface area contributed by atoms with E-state index < -0.39 is 11.6 Å². The lowest BCUT2D eigenvalue weighted by molar-refractivity contribution is -0.172. The van der Waals surface area contributed by atoms with Gasteiger partial charge in [-0.15, -0.1) is 0 Å². The molecule has 9 heteroatoms. The minimum absolute atomic E-state index is 0.0194. The highest BCUT2D eigenvalue weighted by molar-refractivity contribution is 5.91. The fourth-order valence-corrected chi connectivity index (χ4v) is 6.44. The minimum atomic E-state index is -1.86. The van der Waals surface area contributed by atoms with Crippen LogP contribution in [0.1, 0.15) is 70.2 Å². The summed E-state index contributed by atoms with van der Waals surface area (Å²) in [6.07, 6.45) is 0.853. The molecule has 3 aliphatic heterocycles. The summed E-state index contributed by atoms with van der Waals surface area (Å²) < 4.78 is 18.3. The Morgan fingerprint density at radius 2 is 1.82 bits per heavy atom. The van der Waals surface area contributed by atoms with Crippen LogP contribution in [0.15, 0.2) is 23.0 Å². The molecule has 0 radical (unpaired) electrons. The van der Waals surface area contributed by atoms with Crippen molar-refractivity contribution in [3.05, 3.63) is 50.8 Å². The highest BCUT2D eigenvalue weighted by atomic mass is 16.7. The van der Waals surface area contributed by atoms with Crippen LogP contribution < -0.4 is 15.0 Å². The van der Waals surface area contributed by atoms with Gasteiger partial charge in [0.25, 0.3) is 5.56 Å². The van der Waals surface area contributed by atoms with Crippen LogP contribution in [0.2, 0.25) is 0 Å². The highest BCUT2D eigenvalue weighted by Gasteiger charge is 2.45. The first-order valence-corrected chi connectivity index (χ1v) is 13.6. The maximum atomic E-state index is 13.7. The predicted molar refractivity (Wildman–Crippen MR) is 146 cm³/mol. The van der Waals surface area contributed by atoms with Crippen LogP contribution in [0.3, 0.4) is 0 Å². The molecular weight excluding hydrogens is 498 g/mol. The Bertz CT molecular complexity index is 1580. The van der Waals surface area contributed by atoms with Crippen molar-refractivity contribution in [2.75, 3.05) is 13.3 Å². The number of carbonyl (C=O) groups is 1. The van der Waals surface area contributed by atoms with Gasteiger partial charge in [-0.3, -0.25) is 9.69 Å². The average molecular weight is 534 g/mol. The van der Waals surface area contributed by atoms with Crippen molar-refractivity contribution in [3.63, 3.8) is 0 Å². The van der Waals surface area contributed by atoms with Crippen molar-refractivity contribution < 1.29 is 24.1 Å². The van der Waals surface area contributed by atoms with Gasteiger partial charge >= 0.3 is 5.97 Å². The molecule has 0 unspecified atom stereocenters. The van der Waals surface area contributed by atoms with Gasteiger partial charge in [0.15, 0.2) is 17.1 Å². The van der Waals surface area contributed by atoms with Crippen LogP contribution in [0, 0.1) is 0 Å². The van der Waals surface area contributed by atoms with Crippen molar-refractivity contribution in [1.29, 1.82) is 0 Å². The smallest absolute Gasteiger partial charge is 0.343 e. The van der Waals surface area contributed by atoms with E-state index in [1.54, 1.807) is 17.6 Å². The predicted octanol–water partition coefficient (Wildman–Crippen LogP) is 3.86. The van der Waals surface area contributed by atoms with E-state index in [1.165, 1.54) is 0 Å². The molecular formula is C30H35N3O6. The molecule has 3 aliphatic rings. The molecule has 0 aliphatic carbocycles. The first-order chi connectivity index (χ1) is 18.4. The second-order valence-corrected chi connectivity index (χ2v) is 12.0. The van der Waals surface area contributed by atoms with Gasteiger partial charge in [0.05, 0.1) is 29.0 Å². The topological polar surface area (TPSA) is 103 Å². The van der Waals surface area contributed by atoms with E-state index in [4.69, 9.17) is 19.2 Å². The van der Waals surface area contributed by atoms with E-state index in [0.717, 1.165) is 35.0 Å². The van der Waals surface area contributed by atoms with E-state index in [1.807, 2.05) is 12.1 Å². The first-order valence-electron chi connectivity index (χ1n) is 13.6. The summed E-state index contributed by atoms with van der Waals surface area (Å²) in [6.45, 7) is 14.0. The van der Waals surface area contributed by atoms with Gasteiger partial charge in [-0.05, 0) is 65.2 Å². The van der Waals surface area contributed by atoms with Crippen LogP contribution in [0.25, 0.3) is 22.3 Å². The molecule has 0 bridgehead atoms. The molecule has 3 aromatic rings. The third-order valence-electron chi connectivity index (χ3n) is 8.39. The van der Waals surface area contributed by atoms with E-state index >= 15 is 0 Å². The largest absolute Gasteiger partial charge is 0.458 e. The molecule has 1 aromatic carbocycles. The molecule has 6 rings (SSSR count). The maximum absolute atomic E-state index is 13.7. The first kappa shape index (κ1) is 25.8. The second kappa shape index (κ2) is 8.79. The molecule has 0 spiro atoms. The number of aliphatic hydroxyl groups is 1. The Morgan fingerprint density at radius 1 is 1.10 bits per heavy atom. The van der Waals surface area contributed by atoms with Gasteiger partial charge in [0, 0.05) is 40.7 Å². The number of hydrogen-bond acceptors (Lipinski definition) is 8. The summed E-state index contributed by atoms with van der Waals surface area (Å²) >= 11 is 0. The molecule has 9 nitrogen and oxygen atoms in total. The van der Waals surface area contributed by atoms with Gasteiger partial charge in [0.2, 0.25) is 6.79 Å². The number of nitrogens with zero attached hydrogens (tertiary/aromatic N) is 3. The lowest BCUT2D eigenvalue weighted by Crippen LogP contribution is -2.46. The second-order valence-electron chi connectivity index (χ2n) is 12.0. The van der Waals surface area contributed by atoms with Crippen molar-refractivity contribution in [2.45, 2.75) is 84.7 Å². The zero-order valence-corrected chi connectivity index (χ0v) is 23.4. The van der Waals surface area contributed by atoms with Gasteiger partial charge in [0.1, 0.15) is 6.61 Å². The number of cyclic esters (lactones) is 1. The number of carbonyl (C=O) groups excluding carboxylic acids is 1. The van der Waals surface area contributed by atoms with Gasteiger partial charge in [-0.1, -0.05) is 6.92 Å². The van der Waals surface area contributed by atoms with Gasteiger partial charge in [-0.2, -0.15) is 0 Å². The van der Waals surface area contributed by atoms with E-state index in [9.17, 15) is 14.7 Å². The summed E-state index contributed by atoms with van der Waals surface area (Å²) in [5.74, 6) is 0.605. The number of rotatable bonds is 5. The number of hydrogen-bond donors (Lipinski definition) is 1. The minimum Gasteiger partial charge on any atom is -0.458 e. The Labute approximate surface area is 227 Å². The lowest BCUT2D eigenvalue weighted by atomic mass is 9.86. The summed E-state index contributed by atoms with van der Waals surface area (Å²) in [5, 5.41) is 12.2. The normalized spacial score (nSPS) is 19.5. The van der Waals surface area contributed by atoms with E-state index in [0.29, 0.717) is 46.6 Å². The molecule has 2 aromatic heterocycles. The Kier molecular flexibility index (Phi) is 5.82. The molecule has 39 heavy (non-hydrogen) atoms. The van der Waals surface area contributed by atoms with Crippen molar-refractivity contribution >= 4 is 16.9 Å². The third-order valence-corrected chi connectivity index (χ3v) is 8.39. The van der Waals surface area contributed by atoms with E-state index in [2.05, 4.69) is 39.5 Å². The summed E-state index contributed by atoms with van der Waals surface area (Å²) in [5.41, 5.74) is 2.64. The fourth-order valence-electron chi connectivity index (χ4n) is 6.44. The number of aromatic nitrogens is 2. The number of ether oxygens (including phenoxy) is 3. The lowest BCUT2D eigenvalue weighted by Gasteiger charge is -2.39. The number of benzene rings is 1. The van der Waals surface area contributed by atoms with Crippen molar-refractivity contribution in [3.8, 4) is 22.9 Å².